The summed E-state index contributed by atoms with van der Waals surface area (Å²) >= 11 is 1.75. The van der Waals surface area contributed by atoms with Crippen LogP contribution in [0.3, 0.4) is 0 Å². The second kappa shape index (κ2) is 2.96. The fraction of sp³-hybridized carbons (Fsp3) is 0.500. The number of nitrogen functional groups attached to an aromatic ring is 1. The third-order valence-electron chi connectivity index (χ3n) is 1.26. The number of thioether (sulfide) groups is 1. The SMILES string of the molecule is CSCc1cc(N)n(C)n1. The highest BCUT2D eigenvalue weighted by Gasteiger charge is 1.98. The van der Waals surface area contributed by atoms with Crippen molar-refractivity contribution in [2.75, 3.05) is 12.0 Å². The summed E-state index contributed by atoms with van der Waals surface area (Å²) in [5.74, 6) is 1.66. The lowest BCUT2D eigenvalue weighted by Gasteiger charge is -1.89. The molecule has 0 aliphatic rings. The van der Waals surface area contributed by atoms with Crippen LogP contribution in [0.2, 0.25) is 0 Å². The highest BCUT2D eigenvalue weighted by atomic mass is 32.2. The first-order valence-corrected chi connectivity index (χ1v) is 4.40. The minimum atomic E-state index is 0.726. The first-order valence-electron chi connectivity index (χ1n) is 3.01. The van der Waals surface area contributed by atoms with Gasteiger partial charge < -0.3 is 5.73 Å². The number of anilines is 1. The van der Waals surface area contributed by atoms with Crippen molar-refractivity contribution in [2.24, 2.45) is 7.05 Å². The van der Waals surface area contributed by atoms with Crippen molar-refractivity contribution < 1.29 is 0 Å². The smallest absolute Gasteiger partial charge is 0.121 e. The molecule has 0 aliphatic heterocycles. The maximum Gasteiger partial charge on any atom is 0.121 e. The number of nitrogens with zero attached hydrogens (tertiary/aromatic N) is 2. The van der Waals surface area contributed by atoms with Crippen molar-refractivity contribution in [1.29, 1.82) is 0 Å². The number of aryl methyl sites for hydroxylation is 1. The molecular formula is C6H11N3S. The molecule has 1 aromatic rings. The Morgan fingerprint density at radius 3 is 2.90 bits per heavy atom. The van der Waals surface area contributed by atoms with Crippen molar-refractivity contribution >= 4 is 17.6 Å². The molecule has 0 fully saturated rings. The van der Waals surface area contributed by atoms with E-state index in [0.717, 1.165) is 17.3 Å². The fourth-order valence-electron chi connectivity index (χ4n) is 0.762. The fourth-order valence-corrected chi connectivity index (χ4v) is 1.20. The summed E-state index contributed by atoms with van der Waals surface area (Å²) < 4.78 is 1.69. The van der Waals surface area contributed by atoms with Gasteiger partial charge in [0.25, 0.3) is 0 Å². The molecule has 10 heavy (non-hydrogen) atoms. The zero-order valence-corrected chi connectivity index (χ0v) is 6.98. The Kier molecular flexibility index (Phi) is 2.21. The number of nitrogens with two attached hydrogens (primary N) is 1. The molecule has 2 N–H and O–H groups in total. The van der Waals surface area contributed by atoms with Crippen molar-refractivity contribution in [3.05, 3.63) is 11.8 Å². The molecule has 0 radical (unpaired) electrons. The third kappa shape index (κ3) is 1.44. The number of rotatable bonds is 2. The molecule has 0 amide bonds. The lowest BCUT2D eigenvalue weighted by Crippen LogP contribution is -1.96. The molecule has 0 atom stereocenters. The molecule has 4 heteroatoms. The van der Waals surface area contributed by atoms with E-state index < -0.39 is 0 Å². The van der Waals surface area contributed by atoms with E-state index in [9.17, 15) is 0 Å². The van der Waals surface area contributed by atoms with E-state index in [2.05, 4.69) is 5.10 Å². The first kappa shape index (κ1) is 7.47. The zero-order chi connectivity index (χ0) is 7.56. The van der Waals surface area contributed by atoms with Gasteiger partial charge in [0.2, 0.25) is 0 Å². The lowest BCUT2D eigenvalue weighted by molar-refractivity contribution is 0.765. The Bertz CT molecular complexity index is 199. The Balaban J connectivity index is 2.77. The van der Waals surface area contributed by atoms with Crippen LogP contribution in [0.4, 0.5) is 5.82 Å². The summed E-state index contributed by atoms with van der Waals surface area (Å²) in [5, 5.41) is 4.17. The van der Waals surface area contributed by atoms with Gasteiger partial charge in [-0.05, 0) is 6.26 Å². The van der Waals surface area contributed by atoms with E-state index in [-0.39, 0.29) is 0 Å². The maximum absolute atomic E-state index is 5.56. The molecular weight excluding hydrogens is 146 g/mol. The van der Waals surface area contributed by atoms with E-state index in [1.165, 1.54) is 0 Å². The number of hydrogen-bond acceptors (Lipinski definition) is 3. The Hall–Kier alpha value is -0.640. The first-order chi connectivity index (χ1) is 4.74. The topological polar surface area (TPSA) is 43.8 Å². The van der Waals surface area contributed by atoms with Gasteiger partial charge in [0.15, 0.2) is 0 Å². The molecule has 0 unspecified atom stereocenters. The van der Waals surface area contributed by atoms with Gasteiger partial charge in [-0.2, -0.15) is 16.9 Å². The van der Waals surface area contributed by atoms with Gasteiger partial charge in [0, 0.05) is 18.9 Å². The number of aromatic nitrogens is 2. The molecule has 0 aliphatic carbocycles. The van der Waals surface area contributed by atoms with Gasteiger partial charge in [-0.25, -0.2) is 0 Å². The average molecular weight is 157 g/mol. The van der Waals surface area contributed by atoms with Gasteiger partial charge in [-0.3, -0.25) is 4.68 Å². The molecule has 0 spiro atoms. The minimum Gasteiger partial charge on any atom is -0.384 e. The molecule has 0 bridgehead atoms. The van der Waals surface area contributed by atoms with Crippen LogP contribution in [0.25, 0.3) is 0 Å². The lowest BCUT2D eigenvalue weighted by atomic mass is 10.5. The van der Waals surface area contributed by atoms with Crippen LogP contribution < -0.4 is 5.73 Å². The molecule has 1 heterocycles. The van der Waals surface area contributed by atoms with Crippen molar-refractivity contribution in [2.45, 2.75) is 5.75 Å². The molecule has 1 rings (SSSR count). The van der Waals surface area contributed by atoms with Crippen LogP contribution in [0.1, 0.15) is 5.69 Å². The predicted molar refractivity (Wildman–Crippen MR) is 44.8 cm³/mol. The quantitative estimate of drug-likeness (QED) is 0.692. The maximum atomic E-state index is 5.56. The summed E-state index contributed by atoms with van der Waals surface area (Å²) in [7, 11) is 1.85. The van der Waals surface area contributed by atoms with E-state index in [4.69, 9.17) is 5.73 Å². The summed E-state index contributed by atoms with van der Waals surface area (Å²) in [6.45, 7) is 0. The van der Waals surface area contributed by atoms with E-state index in [0.29, 0.717) is 0 Å². The second-order valence-electron chi connectivity index (χ2n) is 2.12. The van der Waals surface area contributed by atoms with Gasteiger partial charge >= 0.3 is 0 Å². The van der Waals surface area contributed by atoms with E-state index in [1.54, 1.807) is 16.4 Å². The van der Waals surface area contributed by atoms with Gasteiger partial charge in [-0.15, -0.1) is 0 Å². The van der Waals surface area contributed by atoms with Crippen molar-refractivity contribution in [1.82, 2.24) is 9.78 Å². The van der Waals surface area contributed by atoms with Gasteiger partial charge in [-0.1, -0.05) is 0 Å². The largest absolute Gasteiger partial charge is 0.384 e. The van der Waals surface area contributed by atoms with Crippen LogP contribution in [-0.2, 0) is 12.8 Å². The van der Waals surface area contributed by atoms with Gasteiger partial charge in [0.1, 0.15) is 5.82 Å². The summed E-state index contributed by atoms with van der Waals surface area (Å²) in [4.78, 5) is 0. The number of hydrogen-bond donors (Lipinski definition) is 1. The molecule has 0 saturated heterocycles. The van der Waals surface area contributed by atoms with E-state index in [1.807, 2.05) is 19.4 Å². The Labute approximate surface area is 64.6 Å². The average Bonchev–Trinajstić information content (AvgIpc) is 2.14. The molecule has 0 aromatic carbocycles. The molecule has 3 nitrogen and oxygen atoms in total. The molecule has 0 saturated carbocycles. The monoisotopic (exact) mass is 157 g/mol. The summed E-state index contributed by atoms with van der Waals surface area (Å²) in [6, 6.07) is 1.90. The van der Waals surface area contributed by atoms with Crippen LogP contribution in [0, 0.1) is 0 Å². The third-order valence-corrected chi connectivity index (χ3v) is 1.84. The van der Waals surface area contributed by atoms with Crippen LogP contribution >= 0.6 is 11.8 Å². The summed E-state index contributed by atoms with van der Waals surface area (Å²) in [5.41, 5.74) is 6.61. The van der Waals surface area contributed by atoms with Crippen LogP contribution in [0.15, 0.2) is 6.07 Å². The highest BCUT2D eigenvalue weighted by Crippen LogP contribution is 2.09. The molecule has 1 aromatic heterocycles. The molecule has 56 valence electrons. The van der Waals surface area contributed by atoms with Gasteiger partial charge in [0.05, 0.1) is 5.69 Å². The minimum absolute atomic E-state index is 0.726. The Morgan fingerprint density at radius 1 is 1.80 bits per heavy atom. The van der Waals surface area contributed by atoms with Crippen LogP contribution in [-0.4, -0.2) is 16.0 Å². The second-order valence-corrected chi connectivity index (χ2v) is 2.98. The Morgan fingerprint density at radius 2 is 2.50 bits per heavy atom. The zero-order valence-electron chi connectivity index (χ0n) is 6.16. The van der Waals surface area contributed by atoms with E-state index >= 15 is 0 Å². The highest BCUT2D eigenvalue weighted by molar-refractivity contribution is 7.97. The van der Waals surface area contributed by atoms with Crippen LogP contribution in [0.5, 0.6) is 0 Å². The van der Waals surface area contributed by atoms with Crippen molar-refractivity contribution in [3.63, 3.8) is 0 Å². The normalized spacial score (nSPS) is 10.2. The predicted octanol–water partition coefficient (Wildman–Crippen LogP) is 0.865. The summed E-state index contributed by atoms with van der Waals surface area (Å²) in [6.07, 6.45) is 2.05. The van der Waals surface area contributed by atoms with Crippen molar-refractivity contribution in [3.8, 4) is 0 Å². The standard InChI is InChI=1S/C6H11N3S/c1-9-6(7)3-5(8-9)4-10-2/h3H,4,7H2,1-2H3.